The van der Waals surface area contributed by atoms with Gasteiger partial charge in [0.15, 0.2) is 0 Å². The van der Waals surface area contributed by atoms with Crippen molar-refractivity contribution >= 4 is 5.69 Å². The molecule has 0 radical (unpaired) electrons. The van der Waals surface area contributed by atoms with Crippen LogP contribution in [0.25, 0.3) is 0 Å². The van der Waals surface area contributed by atoms with E-state index < -0.39 is 0 Å². The van der Waals surface area contributed by atoms with Crippen LogP contribution in [-0.4, -0.2) is 14.1 Å². The number of anilines is 1. The molecule has 0 aliphatic rings. The molecule has 1 N–H and O–H groups in total. The molecule has 0 atom stereocenters. The van der Waals surface area contributed by atoms with Crippen LogP contribution in [0, 0.1) is 12.7 Å². The summed E-state index contributed by atoms with van der Waals surface area (Å²) in [5, 5.41) is 3.08. The smallest absolute Gasteiger partial charge is 0.123 e. The third-order valence-electron chi connectivity index (χ3n) is 3.07. The Bertz CT molecular complexity index is 534. The molecule has 102 valence electrons. The van der Waals surface area contributed by atoms with Crippen LogP contribution < -0.4 is 10.2 Å². The Labute approximate surface area is 113 Å². The van der Waals surface area contributed by atoms with Gasteiger partial charge in [-0.05, 0) is 49.9 Å². The van der Waals surface area contributed by atoms with Gasteiger partial charge >= 0.3 is 0 Å². The fourth-order valence-corrected chi connectivity index (χ4v) is 2.02. The van der Waals surface area contributed by atoms with Gasteiger partial charge in [-0.1, -0.05) is 0 Å². The van der Waals surface area contributed by atoms with Crippen LogP contribution in [0.1, 0.15) is 17.1 Å². The molecule has 1 aromatic heterocycles. The summed E-state index contributed by atoms with van der Waals surface area (Å²) in [6.07, 6.45) is 0. The number of nitrogens with one attached hydrogen (secondary N) is 1. The van der Waals surface area contributed by atoms with Crippen molar-refractivity contribution in [1.82, 2.24) is 5.32 Å². The first-order chi connectivity index (χ1) is 9.10. The van der Waals surface area contributed by atoms with Gasteiger partial charge in [0.1, 0.15) is 17.3 Å². The molecule has 0 bridgehead atoms. The first-order valence-electron chi connectivity index (χ1n) is 6.29. The third-order valence-corrected chi connectivity index (χ3v) is 3.07. The molecular formula is C15H19FN2O. The first-order valence-corrected chi connectivity index (χ1v) is 6.29. The molecule has 0 fully saturated rings. The van der Waals surface area contributed by atoms with Crippen LogP contribution in [0.5, 0.6) is 0 Å². The van der Waals surface area contributed by atoms with E-state index in [1.807, 2.05) is 32.0 Å². The summed E-state index contributed by atoms with van der Waals surface area (Å²) in [7, 11) is 3.86. The van der Waals surface area contributed by atoms with Gasteiger partial charge in [-0.3, -0.25) is 0 Å². The Hall–Kier alpha value is -1.81. The van der Waals surface area contributed by atoms with Gasteiger partial charge in [0.25, 0.3) is 0 Å². The van der Waals surface area contributed by atoms with Crippen molar-refractivity contribution in [1.29, 1.82) is 0 Å². The van der Waals surface area contributed by atoms with Gasteiger partial charge in [0.2, 0.25) is 0 Å². The molecule has 0 amide bonds. The topological polar surface area (TPSA) is 28.4 Å². The van der Waals surface area contributed by atoms with E-state index in [4.69, 9.17) is 4.42 Å². The lowest BCUT2D eigenvalue weighted by Gasteiger charge is -2.17. The quantitative estimate of drug-likeness (QED) is 0.897. The zero-order chi connectivity index (χ0) is 13.8. The van der Waals surface area contributed by atoms with Crippen molar-refractivity contribution < 1.29 is 8.81 Å². The van der Waals surface area contributed by atoms with E-state index in [9.17, 15) is 4.39 Å². The summed E-state index contributed by atoms with van der Waals surface area (Å²) < 4.78 is 18.7. The number of rotatable bonds is 5. The van der Waals surface area contributed by atoms with Crippen LogP contribution in [0.4, 0.5) is 10.1 Å². The lowest BCUT2D eigenvalue weighted by Crippen LogP contribution is -2.15. The zero-order valence-electron chi connectivity index (χ0n) is 11.5. The van der Waals surface area contributed by atoms with Gasteiger partial charge < -0.3 is 14.6 Å². The van der Waals surface area contributed by atoms with E-state index in [1.54, 1.807) is 12.1 Å². The molecule has 1 aromatic carbocycles. The zero-order valence-corrected chi connectivity index (χ0v) is 11.5. The first kappa shape index (κ1) is 13.6. The number of aryl methyl sites for hydroxylation is 1. The summed E-state index contributed by atoms with van der Waals surface area (Å²) in [6.45, 7) is 3.43. The molecule has 0 aliphatic heterocycles. The van der Waals surface area contributed by atoms with Crippen molar-refractivity contribution in [2.45, 2.75) is 20.0 Å². The number of halogens is 1. The van der Waals surface area contributed by atoms with Gasteiger partial charge in [0, 0.05) is 12.7 Å². The number of furan rings is 1. The fraction of sp³-hybridized carbons (Fsp3) is 0.333. The molecule has 2 rings (SSSR count). The second kappa shape index (κ2) is 5.89. The van der Waals surface area contributed by atoms with Gasteiger partial charge in [0.05, 0.1) is 13.1 Å². The summed E-state index contributed by atoms with van der Waals surface area (Å²) in [4.78, 5) is 2.03. The lowest BCUT2D eigenvalue weighted by atomic mass is 10.2. The number of hydrogen-bond donors (Lipinski definition) is 1. The van der Waals surface area contributed by atoms with E-state index >= 15 is 0 Å². The van der Waals surface area contributed by atoms with Crippen LogP contribution in [-0.2, 0) is 13.1 Å². The normalized spacial score (nSPS) is 10.7. The minimum absolute atomic E-state index is 0.220. The molecule has 2 aromatic rings. The molecule has 0 unspecified atom stereocenters. The largest absolute Gasteiger partial charge is 0.463 e. The Morgan fingerprint density at radius 3 is 2.58 bits per heavy atom. The Morgan fingerprint density at radius 2 is 1.95 bits per heavy atom. The molecule has 0 aliphatic carbocycles. The number of benzene rings is 1. The molecule has 1 heterocycles. The van der Waals surface area contributed by atoms with Crippen molar-refractivity contribution in [2.75, 3.05) is 19.0 Å². The van der Waals surface area contributed by atoms with Crippen molar-refractivity contribution in [3.63, 3.8) is 0 Å². The molecule has 0 saturated carbocycles. The maximum atomic E-state index is 12.9. The van der Waals surface area contributed by atoms with E-state index in [-0.39, 0.29) is 5.82 Å². The van der Waals surface area contributed by atoms with Crippen LogP contribution in [0.15, 0.2) is 34.7 Å². The number of hydrogen-bond acceptors (Lipinski definition) is 3. The fourth-order valence-electron chi connectivity index (χ4n) is 2.02. The Kier molecular flexibility index (Phi) is 4.22. The maximum absolute atomic E-state index is 12.9. The van der Waals surface area contributed by atoms with Crippen LogP contribution in [0.2, 0.25) is 0 Å². The van der Waals surface area contributed by atoms with Crippen LogP contribution in [0.3, 0.4) is 0 Å². The average molecular weight is 262 g/mol. The SMILES string of the molecule is CNCc1oc(CN(C)c2ccc(F)cc2)cc1C. The average Bonchev–Trinajstić information content (AvgIpc) is 2.71. The highest BCUT2D eigenvalue weighted by Crippen LogP contribution is 2.19. The molecule has 0 saturated heterocycles. The lowest BCUT2D eigenvalue weighted by molar-refractivity contribution is 0.451. The standard InChI is InChI=1S/C15H19FN2O/c1-11-8-14(19-15(11)9-17-2)10-18(3)13-6-4-12(16)5-7-13/h4-8,17H,9-10H2,1-3H3. The monoisotopic (exact) mass is 262 g/mol. The van der Waals surface area contributed by atoms with Gasteiger partial charge in [-0.25, -0.2) is 4.39 Å². The van der Waals surface area contributed by atoms with Gasteiger partial charge in [-0.2, -0.15) is 0 Å². The van der Waals surface area contributed by atoms with Crippen molar-refractivity contribution in [2.24, 2.45) is 0 Å². The van der Waals surface area contributed by atoms with E-state index in [2.05, 4.69) is 5.32 Å². The highest BCUT2D eigenvalue weighted by Gasteiger charge is 2.09. The summed E-state index contributed by atoms with van der Waals surface area (Å²) in [5.74, 6) is 1.65. The van der Waals surface area contributed by atoms with Crippen molar-refractivity contribution in [3.05, 3.63) is 53.2 Å². The van der Waals surface area contributed by atoms with E-state index in [1.165, 1.54) is 12.1 Å². The van der Waals surface area contributed by atoms with Gasteiger partial charge in [-0.15, -0.1) is 0 Å². The second-order valence-electron chi connectivity index (χ2n) is 4.68. The van der Waals surface area contributed by atoms with Crippen LogP contribution >= 0.6 is 0 Å². The summed E-state index contributed by atoms with van der Waals surface area (Å²) in [5.41, 5.74) is 2.11. The molecule has 19 heavy (non-hydrogen) atoms. The van der Waals surface area contributed by atoms with Crippen molar-refractivity contribution in [3.8, 4) is 0 Å². The number of nitrogens with zero attached hydrogens (tertiary/aromatic N) is 1. The van der Waals surface area contributed by atoms with E-state index in [0.29, 0.717) is 6.54 Å². The highest BCUT2D eigenvalue weighted by molar-refractivity contribution is 5.45. The molecule has 0 spiro atoms. The second-order valence-corrected chi connectivity index (χ2v) is 4.68. The highest BCUT2D eigenvalue weighted by atomic mass is 19.1. The Morgan fingerprint density at radius 1 is 1.26 bits per heavy atom. The minimum atomic E-state index is -0.220. The predicted molar refractivity (Wildman–Crippen MR) is 74.7 cm³/mol. The predicted octanol–water partition coefficient (Wildman–Crippen LogP) is 3.08. The Balaban J connectivity index is 2.08. The molecule has 3 nitrogen and oxygen atoms in total. The summed E-state index contributed by atoms with van der Waals surface area (Å²) in [6, 6.07) is 8.50. The van der Waals surface area contributed by atoms with E-state index in [0.717, 1.165) is 29.3 Å². The third kappa shape index (κ3) is 3.35. The maximum Gasteiger partial charge on any atom is 0.123 e. The summed E-state index contributed by atoms with van der Waals surface area (Å²) >= 11 is 0. The molecular weight excluding hydrogens is 243 g/mol. The molecule has 4 heteroatoms. The minimum Gasteiger partial charge on any atom is -0.463 e.